The molecule has 1 aromatic heterocycles. The molecule has 0 aliphatic heterocycles. The van der Waals surface area contributed by atoms with Crippen LogP contribution in [0.4, 0.5) is 17.6 Å². The predicted octanol–water partition coefficient (Wildman–Crippen LogP) is 3.66. The van der Waals surface area contributed by atoms with Gasteiger partial charge in [-0.3, -0.25) is 0 Å². The van der Waals surface area contributed by atoms with E-state index in [0.29, 0.717) is 21.4 Å². The number of nitrogens with one attached hydrogen (secondary N) is 1. The number of nitrogens with two attached hydrogens (primary N) is 1. The van der Waals surface area contributed by atoms with Gasteiger partial charge in [0.1, 0.15) is 0 Å². The van der Waals surface area contributed by atoms with Crippen molar-refractivity contribution in [3.8, 4) is 11.4 Å². The third-order valence-electron chi connectivity index (χ3n) is 3.21. The third-order valence-corrected chi connectivity index (χ3v) is 3.78. The molecule has 4 N–H and O–H groups in total. The Hall–Kier alpha value is -2.41. The van der Waals surface area contributed by atoms with E-state index in [1.807, 2.05) is 0 Å². The molecule has 2 aromatic carbocycles. The van der Waals surface area contributed by atoms with Crippen LogP contribution < -0.4 is 11.1 Å². The second kappa shape index (κ2) is 7.00. The Morgan fingerprint density at radius 1 is 1.00 bits per heavy atom. The zero-order valence-electron chi connectivity index (χ0n) is 12.4. The molecular weight excluding hydrogens is 349 g/mol. The maximum atomic E-state index is 9.07. The van der Waals surface area contributed by atoms with Gasteiger partial charge >= 0.3 is 0 Å². The summed E-state index contributed by atoms with van der Waals surface area (Å²) >= 11 is 12.2. The molecule has 0 spiro atoms. The van der Waals surface area contributed by atoms with Crippen molar-refractivity contribution in [3.05, 3.63) is 58.1 Å². The highest BCUT2D eigenvalue weighted by molar-refractivity contribution is 6.35. The van der Waals surface area contributed by atoms with E-state index < -0.39 is 0 Å². The highest BCUT2D eigenvalue weighted by atomic mass is 35.5. The average molecular weight is 362 g/mol. The van der Waals surface area contributed by atoms with Crippen LogP contribution >= 0.6 is 23.2 Å². The number of nitrogens with zero attached hydrogens (tertiary/aromatic N) is 3. The summed E-state index contributed by atoms with van der Waals surface area (Å²) in [6.45, 7) is -0.0175. The second-order valence-corrected chi connectivity index (χ2v) is 5.79. The smallest absolute Gasteiger partial charge is 0.232 e. The molecular formula is C16H13Cl2N5O. The van der Waals surface area contributed by atoms with E-state index in [-0.39, 0.29) is 18.5 Å². The summed E-state index contributed by atoms with van der Waals surface area (Å²) in [6.07, 6.45) is 0. The summed E-state index contributed by atoms with van der Waals surface area (Å²) in [5, 5.41) is 13.1. The molecule has 0 aliphatic carbocycles. The van der Waals surface area contributed by atoms with Crippen molar-refractivity contribution in [2.24, 2.45) is 0 Å². The lowest BCUT2D eigenvalue weighted by Crippen LogP contribution is -2.05. The first-order valence-corrected chi connectivity index (χ1v) is 7.74. The molecule has 3 rings (SSSR count). The maximum Gasteiger partial charge on any atom is 0.232 e. The van der Waals surface area contributed by atoms with Crippen LogP contribution in [-0.4, -0.2) is 20.1 Å². The van der Waals surface area contributed by atoms with Gasteiger partial charge < -0.3 is 16.2 Å². The number of anilines is 3. The first-order valence-electron chi connectivity index (χ1n) is 6.99. The zero-order valence-corrected chi connectivity index (χ0v) is 13.9. The highest BCUT2D eigenvalue weighted by Crippen LogP contribution is 2.29. The van der Waals surface area contributed by atoms with E-state index in [1.54, 1.807) is 42.5 Å². The van der Waals surface area contributed by atoms with E-state index in [2.05, 4.69) is 20.3 Å². The zero-order chi connectivity index (χ0) is 17.1. The highest BCUT2D eigenvalue weighted by Gasteiger charge is 2.11. The number of aromatic nitrogens is 3. The van der Waals surface area contributed by atoms with Crippen LogP contribution in [0.5, 0.6) is 0 Å². The molecule has 122 valence electrons. The van der Waals surface area contributed by atoms with Crippen molar-refractivity contribution in [1.82, 2.24) is 15.0 Å². The summed E-state index contributed by atoms with van der Waals surface area (Å²) in [5.74, 6) is 0.667. The van der Waals surface area contributed by atoms with Crippen molar-refractivity contribution in [2.75, 3.05) is 11.1 Å². The van der Waals surface area contributed by atoms with Gasteiger partial charge in [-0.05, 0) is 35.9 Å². The van der Waals surface area contributed by atoms with Crippen LogP contribution in [0, 0.1) is 0 Å². The van der Waals surface area contributed by atoms with Crippen molar-refractivity contribution >= 4 is 40.8 Å². The lowest BCUT2D eigenvalue weighted by atomic mass is 10.2. The fourth-order valence-electron chi connectivity index (χ4n) is 2.06. The summed E-state index contributed by atoms with van der Waals surface area (Å²) in [4.78, 5) is 12.5. The lowest BCUT2D eigenvalue weighted by Gasteiger charge is -2.09. The van der Waals surface area contributed by atoms with Gasteiger partial charge in [0.2, 0.25) is 11.9 Å². The van der Waals surface area contributed by atoms with Crippen molar-refractivity contribution in [2.45, 2.75) is 6.61 Å². The molecule has 6 nitrogen and oxygen atoms in total. The number of hydrogen-bond donors (Lipinski definition) is 3. The van der Waals surface area contributed by atoms with Crippen LogP contribution in [0.1, 0.15) is 5.56 Å². The second-order valence-electron chi connectivity index (χ2n) is 4.95. The molecule has 0 radical (unpaired) electrons. The Bertz CT molecular complexity index is 871. The molecule has 8 heteroatoms. The van der Waals surface area contributed by atoms with Crippen molar-refractivity contribution < 1.29 is 5.11 Å². The Morgan fingerprint density at radius 3 is 2.46 bits per heavy atom. The van der Waals surface area contributed by atoms with E-state index in [4.69, 9.17) is 34.0 Å². The van der Waals surface area contributed by atoms with E-state index in [9.17, 15) is 0 Å². The molecule has 0 aliphatic rings. The molecule has 24 heavy (non-hydrogen) atoms. The lowest BCUT2D eigenvalue weighted by molar-refractivity contribution is 0.282. The van der Waals surface area contributed by atoms with Crippen LogP contribution in [0.2, 0.25) is 10.0 Å². The number of halogens is 2. The van der Waals surface area contributed by atoms with E-state index in [0.717, 1.165) is 11.3 Å². The Labute approximate surface area is 148 Å². The predicted molar refractivity (Wildman–Crippen MR) is 95.3 cm³/mol. The van der Waals surface area contributed by atoms with Gasteiger partial charge in [-0.1, -0.05) is 35.3 Å². The molecule has 1 heterocycles. The standard InChI is InChI=1S/C16H13Cl2N5O/c17-10-3-6-13(18)12(7-10)14-21-15(19)23-16(22-14)20-11-4-1-9(8-24)2-5-11/h1-7,24H,8H2,(H3,19,20,21,22,23). The normalized spacial score (nSPS) is 10.6. The molecule has 0 fully saturated rings. The first kappa shape index (κ1) is 16.4. The number of hydrogen-bond acceptors (Lipinski definition) is 6. The van der Waals surface area contributed by atoms with Gasteiger partial charge in [0.25, 0.3) is 0 Å². The number of rotatable bonds is 4. The Balaban J connectivity index is 1.95. The minimum Gasteiger partial charge on any atom is -0.392 e. The molecule has 0 atom stereocenters. The van der Waals surface area contributed by atoms with Gasteiger partial charge in [0, 0.05) is 16.3 Å². The average Bonchev–Trinajstić information content (AvgIpc) is 2.57. The summed E-state index contributed by atoms with van der Waals surface area (Å²) < 4.78 is 0. The quantitative estimate of drug-likeness (QED) is 0.655. The topological polar surface area (TPSA) is 97.0 Å². The third kappa shape index (κ3) is 3.73. The molecule has 0 amide bonds. The summed E-state index contributed by atoms with van der Waals surface area (Å²) in [7, 11) is 0. The molecule has 0 bridgehead atoms. The number of aliphatic hydroxyl groups is 1. The van der Waals surface area contributed by atoms with Gasteiger partial charge in [0.15, 0.2) is 5.82 Å². The van der Waals surface area contributed by atoms with Gasteiger partial charge in [-0.2, -0.15) is 15.0 Å². The van der Waals surface area contributed by atoms with Crippen LogP contribution in [0.15, 0.2) is 42.5 Å². The van der Waals surface area contributed by atoms with Gasteiger partial charge in [0.05, 0.1) is 11.6 Å². The monoisotopic (exact) mass is 361 g/mol. The Kier molecular flexibility index (Phi) is 4.80. The molecule has 3 aromatic rings. The van der Waals surface area contributed by atoms with E-state index >= 15 is 0 Å². The number of benzene rings is 2. The summed E-state index contributed by atoms with van der Waals surface area (Å²) in [6, 6.07) is 12.2. The summed E-state index contributed by atoms with van der Waals surface area (Å²) in [5.41, 5.74) is 7.90. The maximum absolute atomic E-state index is 9.07. The largest absolute Gasteiger partial charge is 0.392 e. The van der Waals surface area contributed by atoms with Crippen molar-refractivity contribution in [1.29, 1.82) is 0 Å². The van der Waals surface area contributed by atoms with Crippen LogP contribution in [-0.2, 0) is 6.61 Å². The number of nitrogen functional groups attached to an aromatic ring is 1. The molecule has 0 saturated carbocycles. The number of aliphatic hydroxyl groups excluding tert-OH is 1. The minimum absolute atomic E-state index is 0.0175. The van der Waals surface area contributed by atoms with Crippen LogP contribution in [0.3, 0.4) is 0 Å². The molecule has 0 saturated heterocycles. The molecule has 0 unspecified atom stereocenters. The van der Waals surface area contributed by atoms with Crippen LogP contribution in [0.25, 0.3) is 11.4 Å². The fraction of sp³-hybridized carbons (Fsp3) is 0.0625. The van der Waals surface area contributed by atoms with E-state index in [1.165, 1.54) is 0 Å². The van der Waals surface area contributed by atoms with Gasteiger partial charge in [-0.25, -0.2) is 0 Å². The first-order chi connectivity index (χ1) is 11.5. The van der Waals surface area contributed by atoms with Crippen molar-refractivity contribution in [3.63, 3.8) is 0 Å². The Morgan fingerprint density at radius 2 is 1.75 bits per heavy atom. The van der Waals surface area contributed by atoms with Gasteiger partial charge in [-0.15, -0.1) is 0 Å². The fourth-order valence-corrected chi connectivity index (χ4v) is 2.43. The minimum atomic E-state index is -0.0175. The SMILES string of the molecule is Nc1nc(Nc2ccc(CO)cc2)nc(-c2cc(Cl)ccc2Cl)n1.